The molecule has 1 aliphatic rings. The second-order valence-corrected chi connectivity index (χ2v) is 4.92. The normalized spacial score (nSPS) is 14.9. The van der Waals surface area contributed by atoms with Crippen LogP contribution in [-0.4, -0.2) is 10.1 Å². The predicted molar refractivity (Wildman–Crippen MR) is 69.2 cm³/mol. The smallest absolute Gasteiger partial charge is 0.226 e. The standard InChI is InChI=1S/C14H17N3O/c15-12-8-4-10(5-9-12)2-1-3-13-16-14(17-18-13)11-6-7-11/h4-5,8-9,11H,1-3,6-7,15H2. The molecule has 1 fully saturated rings. The van der Waals surface area contributed by atoms with Crippen LogP contribution in [0.2, 0.25) is 0 Å². The van der Waals surface area contributed by atoms with E-state index in [9.17, 15) is 0 Å². The molecule has 1 heterocycles. The summed E-state index contributed by atoms with van der Waals surface area (Å²) < 4.78 is 5.24. The van der Waals surface area contributed by atoms with Gasteiger partial charge in [0.15, 0.2) is 5.82 Å². The van der Waals surface area contributed by atoms with E-state index in [1.165, 1.54) is 18.4 Å². The Labute approximate surface area is 106 Å². The van der Waals surface area contributed by atoms with Crippen molar-refractivity contribution in [2.45, 2.75) is 38.0 Å². The third-order valence-electron chi connectivity index (χ3n) is 3.26. The van der Waals surface area contributed by atoms with Crippen LogP contribution in [0.15, 0.2) is 28.8 Å². The quantitative estimate of drug-likeness (QED) is 0.820. The van der Waals surface area contributed by atoms with Gasteiger partial charge in [0.05, 0.1) is 0 Å². The number of aromatic nitrogens is 2. The maximum Gasteiger partial charge on any atom is 0.226 e. The summed E-state index contributed by atoms with van der Waals surface area (Å²) in [4.78, 5) is 4.42. The molecule has 4 nitrogen and oxygen atoms in total. The van der Waals surface area contributed by atoms with Gasteiger partial charge in [-0.15, -0.1) is 0 Å². The van der Waals surface area contributed by atoms with Gasteiger partial charge < -0.3 is 10.3 Å². The lowest BCUT2D eigenvalue weighted by molar-refractivity contribution is 0.370. The number of nitrogens with two attached hydrogens (primary N) is 1. The Kier molecular flexibility index (Phi) is 3.00. The van der Waals surface area contributed by atoms with E-state index in [2.05, 4.69) is 22.3 Å². The number of benzene rings is 1. The topological polar surface area (TPSA) is 64.9 Å². The summed E-state index contributed by atoms with van der Waals surface area (Å²) in [6.45, 7) is 0. The van der Waals surface area contributed by atoms with Gasteiger partial charge in [0, 0.05) is 18.0 Å². The zero-order chi connectivity index (χ0) is 12.4. The van der Waals surface area contributed by atoms with Crippen LogP contribution in [0.3, 0.4) is 0 Å². The van der Waals surface area contributed by atoms with Crippen molar-refractivity contribution in [3.63, 3.8) is 0 Å². The SMILES string of the molecule is Nc1ccc(CCCc2nc(C3CC3)no2)cc1. The van der Waals surface area contributed by atoms with E-state index in [1.54, 1.807) is 0 Å². The molecule has 0 spiro atoms. The summed E-state index contributed by atoms with van der Waals surface area (Å²) in [6, 6.07) is 8.01. The third-order valence-corrected chi connectivity index (χ3v) is 3.26. The molecule has 1 aromatic heterocycles. The Morgan fingerprint density at radius 1 is 1.17 bits per heavy atom. The summed E-state index contributed by atoms with van der Waals surface area (Å²) in [6.07, 6.45) is 5.32. The van der Waals surface area contributed by atoms with E-state index in [-0.39, 0.29) is 0 Å². The minimum atomic E-state index is 0.569. The van der Waals surface area contributed by atoms with Crippen molar-refractivity contribution >= 4 is 5.69 Å². The molecular formula is C14H17N3O. The first-order chi connectivity index (χ1) is 8.81. The van der Waals surface area contributed by atoms with Crippen molar-refractivity contribution < 1.29 is 4.52 Å². The Hall–Kier alpha value is -1.84. The maximum atomic E-state index is 5.65. The molecule has 1 aromatic carbocycles. The highest BCUT2D eigenvalue weighted by molar-refractivity contribution is 5.39. The van der Waals surface area contributed by atoms with Crippen LogP contribution in [0.1, 0.15) is 42.5 Å². The van der Waals surface area contributed by atoms with Crippen LogP contribution in [0.4, 0.5) is 5.69 Å². The van der Waals surface area contributed by atoms with Crippen molar-refractivity contribution in [1.29, 1.82) is 0 Å². The molecule has 2 aromatic rings. The number of aryl methyl sites for hydroxylation is 2. The number of hydrogen-bond acceptors (Lipinski definition) is 4. The molecule has 0 unspecified atom stereocenters. The van der Waals surface area contributed by atoms with Crippen LogP contribution < -0.4 is 5.73 Å². The third kappa shape index (κ3) is 2.70. The Morgan fingerprint density at radius 2 is 1.94 bits per heavy atom. The van der Waals surface area contributed by atoms with Gasteiger partial charge in [-0.3, -0.25) is 0 Å². The molecule has 0 bridgehead atoms. The van der Waals surface area contributed by atoms with Crippen LogP contribution in [0, 0.1) is 0 Å². The number of nitrogen functional groups attached to an aromatic ring is 1. The number of rotatable bonds is 5. The molecule has 3 rings (SSSR count). The summed E-state index contributed by atoms with van der Waals surface area (Å²) in [5.74, 6) is 2.24. The van der Waals surface area contributed by atoms with E-state index in [0.29, 0.717) is 5.92 Å². The molecule has 0 saturated heterocycles. The highest BCUT2D eigenvalue weighted by atomic mass is 16.5. The Balaban J connectivity index is 1.49. The van der Waals surface area contributed by atoms with Crippen molar-refractivity contribution in [3.05, 3.63) is 41.5 Å². The van der Waals surface area contributed by atoms with Gasteiger partial charge in [-0.2, -0.15) is 4.98 Å². The fourth-order valence-electron chi connectivity index (χ4n) is 2.00. The molecule has 0 radical (unpaired) electrons. The van der Waals surface area contributed by atoms with Gasteiger partial charge in [-0.25, -0.2) is 0 Å². The zero-order valence-electron chi connectivity index (χ0n) is 10.3. The molecule has 0 amide bonds. The predicted octanol–water partition coefficient (Wildman–Crippen LogP) is 2.70. The van der Waals surface area contributed by atoms with Crippen LogP contribution in [0.5, 0.6) is 0 Å². The zero-order valence-corrected chi connectivity index (χ0v) is 10.3. The van der Waals surface area contributed by atoms with Gasteiger partial charge in [-0.1, -0.05) is 17.3 Å². The molecule has 94 valence electrons. The summed E-state index contributed by atoms with van der Waals surface area (Å²) >= 11 is 0. The fraction of sp³-hybridized carbons (Fsp3) is 0.429. The largest absolute Gasteiger partial charge is 0.399 e. The van der Waals surface area contributed by atoms with Crippen LogP contribution >= 0.6 is 0 Å². The van der Waals surface area contributed by atoms with Crippen LogP contribution in [0.25, 0.3) is 0 Å². The first-order valence-corrected chi connectivity index (χ1v) is 6.48. The fourth-order valence-corrected chi connectivity index (χ4v) is 2.00. The van der Waals surface area contributed by atoms with E-state index >= 15 is 0 Å². The first kappa shape index (κ1) is 11.3. The molecule has 2 N–H and O–H groups in total. The van der Waals surface area contributed by atoms with Crippen molar-refractivity contribution in [3.8, 4) is 0 Å². The lowest BCUT2D eigenvalue weighted by atomic mass is 10.1. The second-order valence-electron chi connectivity index (χ2n) is 4.92. The van der Waals surface area contributed by atoms with Gasteiger partial charge in [0.2, 0.25) is 5.89 Å². The van der Waals surface area contributed by atoms with Gasteiger partial charge in [-0.05, 0) is 43.4 Å². The lowest BCUT2D eigenvalue weighted by Crippen LogP contribution is -1.92. The van der Waals surface area contributed by atoms with Crippen molar-refractivity contribution in [2.75, 3.05) is 5.73 Å². The van der Waals surface area contributed by atoms with Crippen molar-refractivity contribution in [1.82, 2.24) is 10.1 Å². The van der Waals surface area contributed by atoms with Gasteiger partial charge >= 0.3 is 0 Å². The number of nitrogens with zero attached hydrogens (tertiary/aromatic N) is 2. The minimum absolute atomic E-state index is 0.569. The monoisotopic (exact) mass is 243 g/mol. The average Bonchev–Trinajstić information content (AvgIpc) is 3.12. The number of hydrogen-bond donors (Lipinski definition) is 1. The van der Waals surface area contributed by atoms with E-state index in [0.717, 1.165) is 36.7 Å². The molecule has 4 heteroatoms. The molecule has 0 atom stereocenters. The highest BCUT2D eigenvalue weighted by Gasteiger charge is 2.28. The summed E-state index contributed by atoms with van der Waals surface area (Å²) in [5, 5.41) is 4.01. The second kappa shape index (κ2) is 4.80. The van der Waals surface area contributed by atoms with E-state index < -0.39 is 0 Å². The molecular weight excluding hydrogens is 226 g/mol. The molecule has 1 saturated carbocycles. The maximum absolute atomic E-state index is 5.65. The van der Waals surface area contributed by atoms with Gasteiger partial charge in [0.25, 0.3) is 0 Å². The van der Waals surface area contributed by atoms with Crippen molar-refractivity contribution in [2.24, 2.45) is 0 Å². The molecule has 18 heavy (non-hydrogen) atoms. The Bertz CT molecular complexity index is 514. The summed E-state index contributed by atoms with van der Waals surface area (Å²) in [7, 11) is 0. The molecule has 1 aliphatic carbocycles. The van der Waals surface area contributed by atoms with Crippen LogP contribution in [-0.2, 0) is 12.8 Å². The number of anilines is 1. The minimum Gasteiger partial charge on any atom is -0.399 e. The van der Waals surface area contributed by atoms with Gasteiger partial charge in [0.1, 0.15) is 0 Å². The highest BCUT2D eigenvalue weighted by Crippen LogP contribution is 2.38. The van der Waals surface area contributed by atoms with E-state index in [4.69, 9.17) is 10.3 Å². The Morgan fingerprint density at radius 3 is 2.67 bits per heavy atom. The average molecular weight is 243 g/mol. The lowest BCUT2D eigenvalue weighted by Gasteiger charge is -1.99. The summed E-state index contributed by atoms with van der Waals surface area (Å²) in [5.41, 5.74) is 7.76. The first-order valence-electron chi connectivity index (χ1n) is 6.48. The molecule has 0 aliphatic heterocycles. The van der Waals surface area contributed by atoms with E-state index in [1.807, 2.05) is 12.1 Å².